The minimum Gasteiger partial charge on any atom is -0.484 e. The SMILES string of the molecule is N#CC(N)(C(N)=O)C(=O)COc1ccc(Cl)cc1Cl. The number of amides is 1. The number of carbonyl (C=O) groups excluding carboxylic acids is 2. The predicted molar refractivity (Wildman–Crippen MR) is 68.7 cm³/mol. The maximum Gasteiger partial charge on any atom is 0.260 e. The number of halogens is 2. The van der Waals surface area contributed by atoms with Crippen molar-refractivity contribution in [2.75, 3.05) is 6.61 Å². The van der Waals surface area contributed by atoms with Crippen LogP contribution in [-0.2, 0) is 9.59 Å². The van der Waals surface area contributed by atoms with Gasteiger partial charge in [0.25, 0.3) is 5.91 Å². The van der Waals surface area contributed by atoms with Crippen LogP contribution in [0.3, 0.4) is 0 Å². The fourth-order valence-electron chi connectivity index (χ4n) is 1.10. The molecular formula is C11H9Cl2N3O3. The van der Waals surface area contributed by atoms with Crippen molar-refractivity contribution in [2.45, 2.75) is 5.54 Å². The zero-order chi connectivity index (χ0) is 14.6. The first kappa shape index (κ1) is 15.2. The molecule has 1 atom stereocenters. The van der Waals surface area contributed by atoms with Gasteiger partial charge in [0.1, 0.15) is 11.8 Å². The first-order valence-electron chi connectivity index (χ1n) is 4.92. The van der Waals surface area contributed by atoms with Crippen molar-refractivity contribution in [3.05, 3.63) is 28.2 Å². The molecule has 0 heterocycles. The van der Waals surface area contributed by atoms with Crippen molar-refractivity contribution in [1.82, 2.24) is 0 Å². The van der Waals surface area contributed by atoms with Crippen LogP contribution in [0.2, 0.25) is 10.0 Å². The maximum atomic E-state index is 11.6. The number of rotatable bonds is 5. The van der Waals surface area contributed by atoms with Crippen molar-refractivity contribution >= 4 is 34.9 Å². The molecule has 0 aromatic heterocycles. The van der Waals surface area contributed by atoms with Crippen molar-refractivity contribution in [3.63, 3.8) is 0 Å². The molecule has 6 nitrogen and oxygen atoms in total. The van der Waals surface area contributed by atoms with E-state index >= 15 is 0 Å². The summed E-state index contributed by atoms with van der Waals surface area (Å²) in [5, 5.41) is 9.29. The molecule has 0 bridgehead atoms. The fraction of sp³-hybridized carbons (Fsp3) is 0.182. The lowest BCUT2D eigenvalue weighted by molar-refractivity contribution is -0.132. The fourth-order valence-corrected chi connectivity index (χ4v) is 1.57. The molecule has 1 amide bonds. The largest absolute Gasteiger partial charge is 0.484 e. The number of primary amides is 1. The van der Waals surface area contributed by atoms with Gasteiger partial charge in [0.15, 0.2) is 6.61 Å². The summed E-state index contributed by atoms with van der Waals surface area (Å²) in [7, 11) is 0. The Bertz CT molecular complexity index is 571. The summed E-state index contributed by atoms with van der Waals surface area (Å²) in [4.78, 5) is 22.6. The molecule has 4 N–H and O–H groups in total. The van der Waals surface area contributed by atoms with Gasteiger partial charge in [-0.3, -0.25) is 15.3 Å². The van der Waals surface area contributed by atoms with E-state index in [-0.39, 0.29) is 10.8 Å². The number of nitrogens with zero attached hydrogens (tertiary/aromatic N) is 1. The van der Waals surface area contributed by atoms with E-state index in [4.69, 9.17) is 44.7 Å². The molecule has 0 spiro atoms. The van der Waals surface area contributed by atoms with Crippen molar-refractivity contribution in [2.24, 2.45) is 11.5 Å². The number of hydrogen-bond donors (Lipinski definition) is 2. The van der Waals surface area contributed by atoms with E-state index in [1.165, 1.54) is 24.3 Å². The highest BCUT2D eigenvalue weighted by atomic mass is 35.5. The van der Waals surface area contributed by atoms with E-state index in [9.17, 15) is 9.59 Å². The second kappa shape index (κ2) is 5.89. The highest BCUT2D eigenvalue weighted by Gasteiger charge is 2.40. The molecule has 0 aliphatic heterocycles. The van der Waals surface area contributed by atoms with Crippen molar-refractivity contribution in [3.8, 4) is 11.8 Å². The van der Waals surface area contributed by atoms with Gasteiger partial charge in [-0.25, -0.2) is 0 Å². The van der Waals surface area contributed by atoms with E-state index in [0.717, 1.165) is 0 Å². The number of Topliss-reactive ketones (excluding diaryl/α,β-unsaturated/α-hetero) is 1. The second-order valence-corrected chi connectivity index (χ2v) is 4.41. The van der Waals surface area contributed by atoms with Gasteiger partial charge < -0.3 is 10.5 Å². The normalized spacial score (nSPS) is 13.2. The van der Waals surface area contributed by atoms with E-state index in [0.29, 0.717) is 5.02 Å². The summed E-state index contributed by atoms with van der Waals surface area (Å²) in [6.07, 6.45) is 0. The van der Waals surface area contributed by atoms with Crippen LogP contribution < -0.4 is 16.2 Å². The summed E-state index contributed by atoms with van der Waals surface area (Å²) in [5.41, 5.74) is 7.77. The number of carbonyl (C=O) groups is 2. The van der Waals surface area contributed by atoms with Crippen LogP contribution in [-0.4, -0.2) is 23.8 Å². The molecule has 8 heteroatoms. The van der Waals surface area contributed by atoms with E-state index in [1.807, 2.05) is 0 Å². The lowest BCUT2D eigenvalue weighted by Crippen LogP contribution is -2.58. The Morgan fingerprint density at radius 3 is 2.53 bits per heavy atom. The number of benzene rings is 1. The first-order valence-corrected chi connectivity index (χ1v) is 5.68. The highest BCUT2D eigenvalue weighted by molar-refractivity contribution is 6.35. The maximum absolute atomic E-state index is 11.6. The van der Waals surface area contributed by atoms with Crippen LogP contribution in [0, 0.1) is 11.3 Å². The van der Waals surface area contributed by atoms with Gasteiger partial charge in [0, 0.05) is 5.02 Å². The number of nitriles is 1. The summed E-state index contributed by atoms with van der Waals surface area (Å²) >= 11 is 11.5. The molecule has 1 aromatic rings. The third kappa shape index (κ3) is 3.35. The monoisotopic (exact) mass is 301 g/mol. The van der Waals surface area contributed by atoms with E-state index < -0.39 is 23.8 Å². The Morgan fingerprint density at radius 2 is 2.05 bits per heavy atom. The summed E-state index contributed by atoms with van der Waals surface area (Å²) in [5.74, 6) is -2.04. The molecule has 0 radical (unpaired) electrons. The molecule has 100 valence electrons. The van der Waals surface area contributed by atoms with Crippen LogP contribution in [0.5, 0.6) is 5.75 Å². The Balaban J connectivity index is 2.80. The molecule has 1 rings (SSSR count). The van der Waals surface area contributed by atoms with Crippen molar-refractivity contribution in [1.29, 1.82) is 5.26 Å². The Hall–Kier alpha value is -1.81. The van der Waals surface area contributed by atoms with Gasteiger partial charge in [0.2, 0.25) is 11.3 Å². The van der Waals surface area contributed by atoms with Gasteiger partial charge in [-0.2, -0.15) is 5.26 Å². The lowest BCUT2D eigenvalue weighted by Gasteiger charge is -2.16. The molecule has 0 saturated heterocycles. The van der Waals surface area contributed by atoms with Gasteiger partial charge in [0.05, 0.1) is 5.02 Å². The lowest BCUT2D eigenvalue weighted by atomic mass is 9.97. The number of ether oxygens (including phenoxy) is 1. The number of nitrogens with two attached hydrogens (primary N) is 2. The van der Waals surface area contributed by atoms with E-state index in [2.05, 4.69) is 0 Å². The van der Waals surface area contributed by atoms with Gasteiger partial charge in [-0.05, 0) is 18.2 Å². The van der Waals surface area contributed by atoms with Gasteiger partial charge in [-0.1, -0.05) is 23.2 Å². The predicted octanol–water partition coefficient (Wildman–Crippen LogP) is 0.648. The topological polar surface area (TPSA) is 119 Å². The minimum atomic E-state index is -2.42. The second-order valence-electron chi connectivity index (χ2n) is 3.57. The average Bonchev–Trinajstić information content (AvgIpc) is 2.36. The number of hydrogen-bond acceptors (Lipinski definition) is 5. The van der Waals surface area contributed by atoms with Gasteiger partial charge >= 0.3 is 0 Å². The summed E-state index contributed by atoms with van der Waals surface area (Å²) < 4.78 is 5.07. The molecular weight excluding hydrogens is 293 g/mol. The molecule has 0 aliphatic rings. The average molecular weight is 302 g/mol. The van der Waals surface area contributed by atoms with Crippen LogP contribution in [0.1, 0.15) is 0 Å². The molecule has 0 fully saturated rings. The summed E-state index contributed by atoms with van der Waals surface area (Å²) in [6.45, 7) is -0.617. The third-order valence-corrected chi connectivity index (χ3v) is 2.79. The Kier molecular flexibility index (Phi) is 4.72. The zero-order valence-corrected chi connectivity index (χ0v) is 11.0. The van der Waals surface area contributed by atoms with Crippen LogP contribution in [0.4, 0.5) is 0 Å². The molecule has 1 unspecified atom stereocenters. The highest BCUT2D eigenvalue weighted by Crippen LogP contribution is 2.27. The quantitative estimate of drug-likeness (QED) is 0.774. The summed E-state index contributed by atoms with van der Waals surface area (Å²) in [6, 6.07) is 5.71. The molecule has 19 heavy (non-hydrogen) atoms. The zero-order valence-electron chi connectivity index (χ0n) is 9.52. The van der Waals surface area contributed by atoms with Crippen molar-refractivity contribution < 1.29 is 14.3 Å². The number of ketones is 1. The van der Waals surface area contributed by atoms with Gasteiger partial charge in [-0.15, -0.1) is 0 Å². The smallest absolute Gasteiger partial charge is 0.260 e. The van der Waals surface area contributed by atoms with Crippen LogP contribution in [0.25, 0.3) is 0 Å². The minimum absolute atomic E-state index is 0.171. The molecule has 0 saturated carbocycles. The van der Waals surface area contributed by atoms with Crippen LogP contribution in [0.15, 0.2) is 18.2 Å². The van der Waals surface area contributed by atoms with E-state index in [1.54, 1.807) is 0 Å². The first-order chi connectivity index (χ1) is 8.81. The standard InChI is InChI=1S/C11H9Cl2N3O3/c12-6-1-2-8(7(13)3-6)19-4-9(17)11(16,5-14)10(15)18/h1-3H,4,16H2,(H2,15,18). The van der Waals surface area contributed by atoms with Crippen LogP contribution >= 0.6 is 23.2 Å². The Morgan fingerprint density at radius 1 is 1.42 bits per heavy atom. The molecule has 0 aliphatic carbocycles. The molecule has 1 aromatic carbocycles. The Labute approximate surface area is 118 Å². The third-order valence-electron chi connectivity index (χ3n) is 2.26.